The van der Waals surface area contributed by atoms with E-state index in [1.807, 2.05) is 12.3 Å². The van der Waals surface area contributed by atoms with Crippen LogP contribution in [0.4, 0.5) is 0 Å². The van der Waals surface area contributed by atoms with Crippen LogP contribution in [-0.2, 0) is 0 Å². The summed E-state index contributed by atoms with van der Waals surface area (Å²) in [5, 5.41) is 3.22. The Labute approximate surface area is 134 Å². The fourth-order valence-electron chi connectivity index (χ4n) is 4.04. The Kier molecular flexibility index (Phi) is 3.30. The first kappa shape index (κ1) is 15.1. The lowest BCUT2D eigenvalue weighted by Crippen LogP contribution is -2.76. The summed E-state index contributed by atoms with van der Waals surface area (Å²) in [5.74, 6) is 0.00523. The number of carbonyl (C=O) groups is 1. The summed E-state index contributed by atoms with van der Waals surface area (Å²) in [6, 6.07) is 2.58. The number of rotatable bonds is 3. The number of carbonyl (C=O) groups excluding carboxylic acids is 1. The van der Waals surface area contributed by atoms with Crippen LogP contribution >= 0.6 is 15.9 Å². The van der Waals surface area contributed by atoms with Crippen LogP contribution in [0.15, 0.2) is 16.7 Å². The van der Waals surface area contributed by atoms with Crippen molar-refractivity contribution in [3.05, 3.63) is 22.4 Å². The van der Waals surface area contributed by atoms with Gasteiger partial charge in [0.2, 0.25) is 0 Å². The zero-order chi connectivity index (χ0) is 15.6. The Balaban J connectivity index is 1.81. The predicted octanol–water partition coefficient (Wildman–Crippen LogP) is 3.08. The third kappa shape index (κ3) is 2.25. The molecule has 2 saturated carbocycles. The summed E-state index contributed by atoms with van der Waals surface area (Å²) < 4.78 is 3.06. The number of hydrogen-bond donors (Lipinski definition) is 2. The highest BCUT2D eigenvalue weighted by atomic mass is 79.9. The average Bonchev–Trinajstić information content (AvgIpc) is 3.17. The Morgan fingerprint density at radius 3 is 2.43 bits per heavy atom. The van der Waals surface area contributed by atoms with Crippen molar-refractivity contribution < 1.29 is 4.79 Å². The molecule has 5 heteroatoms. The van der Waals surface area contributed by atoms with Crippen molar-refractivity contribution in [1.82, 2.24) is 9.88 Å². The molecule has 3 rings (SSSR count). The number of aromatic nitrogens is 1. The second kappa shape index (κ2) is 4.59. The number of nitrogens with zero attached hydrogens (tertiary/aromatic N) is 1. The van der Waals surface area contributed by atoms with Gasteiger partial charge in [-0.15, -0.1) is 0 Å². The van der Waals surface area contributed by atoms with E-state index in [1.165, 1.54) is 0 Å². The molecule has 1 amide bonds. The molecule has 1 heterocycles. The Bertz CT molecular complexity index is 570. The molecule has 0 spiro atoms. The third-order valence-electron chi connectivity index (χ3n) is 5.35. The van der Waals surface area contributed by atoms with Crippen molar-refractivity contribution in [2.24, 2.45) is 16.6 Å². The minimum atomic E-state index is -0.0760. The fourth-order valence-corrected chi connectivity index (χ4v) is 4.48. The van der Waals surface area contributed by atoms with Crippen molar-refractivity contribution in [1.29, 1.82) is 0 Å². The molecular formula is C16H24BrN3O. The second-order valence-corrected chi connectivity index (χ2v) is 8.62. The molecule has 2 fully saturated rings. The molecular weight excluding hydrogens is 330 g/mol. The summed E-state index contributed by atoms with van der Waals surface area (Å²) in [6.45, 7) is 8.51. The van der Waals surface area contributed by atoms with Crippen molar-refractivity contribution in [2.45, 2.75) is 58.7 Å². The summed E-state index contributed by atoms with van der Waals surface area (Å²) in [7, 11) is 0. The monoisotopic (exact) mass is 353 g/mol. The van der Waals surface area contributed by atoms with Crippen LogP contribution in [0.3, 0.4) is 0 Å². The average molecular weight is 354 g/mol. The van der Waals surface area contributed by atoms with E-state index in [0.717, 1.165) is 23.0 Å². The van der Waals surface area contributed by atoms with Crippen LogP contribution in [0.5, 0.6) is 0 Å². The van der Waals surface area contributed by atoms with Crippen molar-refractivity contribution in [3.8, 4) is 0 Å². The van der Waals surface area contributed by atoms with E-state index in [9.17, 15) is 4.79 Å². The first-order valence-electron chi connectivity index (χ1n) is 7.59. The van der Waals surface area contributed by atoms with Crippen LogP contribution in [0, 0.1) is 10.8 Å². The maximum absolute atomic E-state index is 12.7. The highest BCUT2D eigenvalue weighted by molar-refractivity contribution is 9.10. The van der Waals surface area contributed by atoms with Crippen LogP contribution < -0.4 is 11.1 Å². The van der Waals surface area contributed by atoms with Gasteiger partial charge in [-0.1, -0.05) is 27.7 Å². The molecule has 21 heavy (non-hydrogen) atoms. The fraction of sp³-hybridized carbons (Fsp3) is 0.688. The maximum Gasteiger partial charge on any atom is 0.268 e. The number of halogens is 1. The number of nitrogens with one attached hydrogen (secondary N) is 1. The first-order valence-corrected chi connectivity index (χ1v) is 8.39. The van der Waals surface area contributed by atoms with E-state index in [2.05, 4.69) is 53.5 Å². The summed E-state index contributed by atoms with van der Waals surface area (Å²) in [6.07, 6.45) is 4.33. The van der Waals surface area contributed by atoms with Crippen molar-refractivity contribution >= 4 is 21.8 Å². The first-order chi connectivity index (χ1) is 9.65. The van der Waals surface area contributed by atoms with Crippen molar-refractivity contribution in [3.63, 3.8) is 0 Å². The van der Waals surface area contributed by atoms with Gasteiger partial charge in [-0.3, -0.25) is 4.79 Å². The lowest BCUT2D eigenvalue weighted by atomic mass is 9.48. The molecule has 0 aliphatic heterocycles. The number of hydrogen-bond acceptors (Lipinski definition) is 2. The molecule has 0 radical (unpaired) electrons. The van der Waals surface area contributed by atoms with Crippen LogP contribution in [0.2, 0.25) is 0 Å². The van der Waals surface area contributed by atoms with Gasteiger partial charge < -0.3 is 15.6 Å². The number of amides is 1. The molecule has 0 aromatic carbocycles. The molecule has 1 aromatic heterocycles. The lowest BCUT2D eigenvalue weighted by molar-refractivity contribution is -0.0664. The van der Waals surface area contributed by atoms with E-state index in [0.29, 0.717) is 6.04 Å². The zero-order valence-corrected chi connectivity index (χ0v) is 14.7. The molecule has 2 aliphatic rings. The van der Waals surface area contributed by atoms with Crippen molar-refractivity contribution in [2.75, 3.05) is 0 Å². The van der Waals surface area contributed by atoms with Crippen LogP contribution in [0.25, 0.3) is 0 Å². The standard InChI is InChI=1S/C16H24BrN3O/c1-15(2)13(18)16(3,4)14(15)19-12(21)11-7-9(17)8-20(11)10-5-6-10/h7-8,10,13-14H,5-6,18H2,1-4H3,(H,19,21). The zero-order valence-electron chi connectivity index (χ0n) is 13.1. The summed E-state index contributed by atoms with van der Waals surface area (Å²) in [4.78, 5) is 12.7. The summed E-state index contributed by atoms with van der Waals surface area (Å²) >= 11 is 3.48. The quantitative estimate of drug-likeness (QED) is 0.876. The third-order valence-corrected chi connectivity index (χ3v) is 5.79. The van der Waals surface area contributed by atoms with Crippen LogP contribution in [0.1, 0.15) is 57.1 Å². The van der Waals surface area contributed by atoms with Gasteiger partial charge in [0.25, 0.3) is 5.91 Å². The highest BCUT2D eigenvalue weighted by Gasteiger charge is 2.60. The molecule has 2 aliphatic carbocycles. The van der Waals surface area contributed by atoms with Gasteiger partial charge in [-0.05, 0) is 34.8 Å². The van der Waals surface area contributed by atoms with E-state index in [1.54, 1.807) is 0 Å². The van der Waals surface area contributed by atoms with E-state index < -0.39 is 0 Å². The Hall–Kier alpha value is -0.810. The van der Waals surface area contributed by atoms with E-state index >= 15 is 0 Å². The topological polar surface area (TPSA) is 60.0 Å². The lowest BCUT2D eigenvalue weighted by Gasteiger charge is -2.62. The normalized spacial score (nSPS) is 29.8. The maximum atomic E-state index is 12.7. The smallest absolute Gasteiger partial charge is 0.268 e. The molecule has 3 N–H and O–H groups in total. The SMILES string of the molecule is CC1(C)C(N)C(C)(C)C1NC(=O)c1cc(Br)cn1C1CC1. The molecule has 0 atom stereocenters. The predicted molar refractivity (Wildman–Crippen MR) is 87.2 cm³/mol. The largest absolute Gasteiger partial charge is 0.347 e. The van der Waals surface area contributed by atoms with Gasteiger partial charge in [0.1, 0.15) is 5.69 Å². The molecule has 1 aromatic rings. The minimum Gasteiger partial charge on any atom is -0.347 e. The summed E-state index contributed by atoms with van der Waals surface area (Å²) in [5.41, 5.74) is 6.86. The molecule has 4 nitrogen and oxygen atoms in total. The van der Waals surface area contributed by atoms with Gasteiger partial charge >= 0.3 is 0 Å². The molecule has 0 unspecified atom stereocenters. The van der Waals surface area contributed by atoms with E-state index in [4.69, 9.17) is 5.73 Å². The van der Waals surface area contributed by atoms with Gasteiger partial charge in [-0.2, -0.15) is 0 Å². The van der Waals surface area contributed by atoms with Gasteiger partial charge in [0.15, 0.2) is 0 Å². The Morgan fingerprint density at radius 1 is 1.33 bits per heavy atom. The molecule has 0 bridgehead atoms. The van der Waals surface area contributed by atoms with Crippen LogP contribution in [-0.4, -0.2) is 22.6 Å². The number of nitrogens with two attached hydrogens (primary N) is 1. The van der Waals surface area contributed by atoms with Gasteiger partial charge in [0, 0.05) is 39.6 Å². The second-order valence-electron chi connectivity index (χ2n) is 7.71. The van der Waals surface area contributed by atoms with Gasteiger partial charge in [-0.25, -0.2) is 0 Å². The molecule has 116 valence electrons. The van der Waals surface area contributed by atoms with Gasteiger partial charge in [0.05, 0.1) is 0 Å². The van der Waals surface area contributed by atoms with E-state index in [-0.39, 0.29) is 28.8 Å². The Morgan fingerprint density at radius 2 is 1.90 bits per heavy atom. The highest BCUT2D eigenvalue weighted by Crippen LogP contribution is 2.52. The minimum absolute atomic E-state index is 0.00523. The molecule has 0 saturated heterocycles.